The van der Waals surface area contributed by atoms with E-state index in [-0.39, 0.29) is 19.7 Å². The van der Waals surface area contributed by atoms with Gasteiger partial charge in [0.1, 0.15) is 5.82 Å². The fourth-order valence-corrected chi connectivity index (χ4v) is 4.39. The molecule has 0 bridgehead atoms. The van der Waals surface area contributed by atoms with Crippen molar-refractivity contribution in [3.63, 3.8) is 0 Å². The van der Waals surface area contributed by atoms with Crippen LogP contribution in [-0.4, -0.2) is 46.0 Å². The number of piperidine rings is 1. The molecule has 1 unspecified atom stereocenters. The number of benzene rings is 2. The molecule has 0 radical (unpaired) electrons. The van der Waals surface area contributed by atoms with Gasteiger partial charge in [-0.25, -0.2) is 9.18 Å². The maximum Gasteiger partial charge on any atom is 0.416 e. The van der Waals surface area contributed by atoms with Crippen LogP contribution >= 0.6 is 0 Å². The summed E-state index contributed by atoms with van der Waals surface area (Å²) in [4.78, 5) is 12.7. The van der Waals surface area contributed by atoms with E-state index in [0.29, 0.717) is 29.3 Å². The van der Waals surface area contributed by atoms with Crippen LogP contribution < -0.4 is 0 Å². The summed E-state index contributed by atoms with van der Waals surface area (Å²) >= 11 is 0. The first-order chi connectivity index (χ1) is 15.6. The fourth-order valence-electron chi connectivity index (χ4n) is 4.39. The summed E-state index contributed by atoms with van der Waals surface area (Å²) in [5.74, 6) is -0.392. The summed E-state index contributed by atoms with van der Waals surface area (Å²) in [7, 11) is 0. The summed E-state index contributed by atoms with van der Waals surface area (Å²) in [6.07, 6.45) is -4.01. The third kappa shape index (κ3) is 4.66. The Morgan fingerprint density at radius 1 is 1.24 bits per heavy atom. The number of ether oxygens (including phenoxy) is 1. The van der Waals surface area contributed by atoms with Gasteiger partial charge in [0.2, 0.25) is 0 Å². The highest BCUT2D eigenvalue weighted by molar-refractivity contribution is 5.82. The van der Waals surface area contributed by atoms with Gasteiger partial charge in [0.05, 0.1) is 30.0 Å². The van der Waals surface area contributed by atoms with Crippen LogP contribution in [0.4, 0.5) is 22.4 Å². The van der Waals surface area contributed by atoms with Gasteiger partial charge in [0, 0.05) is 29.5 Å². The van der Waals surface area contributed by atoms with E-state index in [9.17, 15) is 27.5 Å². The first-order valence-corrected chi connectivity index (χ1v) is 10.5. The molecule has 1 aliphatic rings. The van der Waals surface area contributed by atoms with Gasteiger partial charge < -0.3 is 14.7 Å². The monoisotopic (exact) mass is 465 g/mol. The minimum atomic E-state index is -4.51. The van der Waals surface area contributed by atoms with Crippen molar-refractivity contribution in [1.29, 1.82) is 0 Å². The Kier molecular flexibility index (Phi) is 6.04. The first kappa shape index (κ1) is 23.0. The lowest BCUT2D eigenvalue weighted by atomic mass is 9.73. The maximum absolute atomic E-state index is 13.5. The van der Waals surface area contributed by atoms with Gasteiger partial charge in [-0.1, -0.05) is 12.1 Å². The predicted molar refractivity (Wildman–Crippen MR) is 112 cm³/mol. The summed E-state index contributed by atoms with van der Waals surface area (Å²) in [5.41, 5.74) is 0.214. The molecule has 10 heteroatoms. The summed E-state index contributed by atoms with van der Waals surface area (Å²) in [6.45, 7) is 2.36. The quantitative estimate of drug-likeness (QED) is 0.487. The van der Waals surface area contributed by atoms with Crippen LogP contribution in [0.25, 0.3) is 10.9 Å². The van der Waals surface area contributed by atoms with Crippen molar-refractivity contribution in [1.82, 2.24) is 15.1 Å². The summed E-state index contributed by atoms with van der Waals surface area (Å²) in [6, 6.07) is 8.07. The molecule has 0 spiro atoms. The van der Waals surface area contributed by atoms with E-state index in [1.165, 1.54) is 23.2 Å². The van der Waals surface area contributed by atoms with E-state index in [4.69, 9.17) is 4.74 Å². The van der Waals surface area contributed by atoms with E-state index in [1.54, 1.807) is 19.1 Å². The smallest absolute Gasteiger partial charge is 0.416 e. The van der Waals surface area contributed by atoms with Crippen LogP contribution in [0.1, 0.15) is 42.6 Å². The number of H-pyrrole nitrogens is 1. The van der Waals surface area contributed by atoms with Crippen LogP contribution in [0.3, 0.4) is 0 Å². The zero-order chi connectivity index (χ0) is 23.8. The van der Waals surface area contributed by atoms with Crippen molar-refractivity contribution < 1.29 is 32.2 Å². The van der Waals surface area contributed by atoms with E-state index in [0.717, 1.165) is 17.7 Å². The predicted octanol–water partition coefficient (Wildman–Crippen LogP) is 5.51. The van der Waals surface area contributed by atoms with E-state index < -0.39 is 35.2 Å². The number of hydrogen-bond donors (Lipinski definition) is 2. The summed E-state index contributed by atoms with van der Waals surface area (Å²) < 4.78 is 59.8. The standard InChI is InChI=1S/C23H23F4N3O3/c1-14(19-11-17(23(25,26)27)10-15-12-28-29-20(15)19)33-13-22(16-2-4-18(24)5-3-16)6-8-30(9-7-22)21(31)32/h2-5,10-12,14H,6-9,13H2,1H3,(H,28,29)(H,31,32). The number of rotatable bonds is 5. The number of aromatic amines is 1. The highest BCUT2D eigenvalue weighted by Gasteiger charge is 2.39. The number of alkyl halides is 3. The molecule has 33 heavy (non-hydrogen) atoms. The first-order valence-electron chi connectivity index (χ1n) is 10.5. The molecule has 1 saturated heterocycles. The van der Waals surface area contributed by atoms with E-state index >= 15 is 0 Å². The highest BCUT2D eigenvalue weighted by atomic mass is 19.4. The lowest BCUT2D eigenvalue weighted by Gasteiger charge is -2.41. The second-order valence-electron chi connectivity index (χ2n) is 8.41. The molecule has 1 atom stereocenters. The maximum atomic E-state index is 13.5. The molecule has 6 nitrogen and oxygen atoms in total. The van der Waals surface area contributed by atoms with Crippen molar-refractivity contribution in [2.75, 3.05) is 19.7 Å². The molecule has 0 aliphatic carbocycles. The van der Waals surface area contributed by atoms with Crippen molar-refractivity contribution >= 4 is 17.0 Å². The third-order valence-electron chi connectivity index (χ3n) is 6.40. The zero-order valence-electron chi connectivity index (χ0n) is 17.8. The van der Waals surface area contributed by atoms with E-state index in [1.807, 2.05) is 0 Å². The minimum Gasteiger partial charge on any atom is -0.465 e. The van der Waals surface area contributed by atoms with Crippen molar-refractivity contribution in [2.45, 2.75) is 37.5 Å². The van der Waals surface area contributed by atoms with Crippen LogP contribution in [0.15, 0.2) is 42.6 Å². The lowest BCUT2D eigenvalue weighted by Crippen LogP contribution is -2.47. The highest BCUT2D eigenvalue weighted by Crippen LogP contribution is 2.39. The van der Waals surface area contributed by atoms with E-state index in [2.05, 4.69) is 10.2 Å². The molecule has 2 N–H and O–H groups in total. The van der Waals surface area contributed by atoms with Crippen LogP contribution in [-0.2, 0) is 16.3 Å². The molecule has 176 valence electrons. The molecule has 2 aromatic carbocycles. The third-order valence-corrected chi connectivity index (χ3v) is 6.40. The number of carbonyl (C=O) groups is 1. The Balaban J connectivity index is 1.61. The second kappa shape index (κ2) is 8.66. The Bertz CT molecular complexity index is 1140. The molecule has 4 rings (SSSR count). The molecule has 3 aromatic rings. The molecular weight excluding hydrogens is 442 g/mol. The molecule has 1 amide bonds. The van der Waals surface area contributed by atoms with Crippen LogP contribution in [0.5, 0.6) is 0 Å². The Hall–Kier alpha value is -3.14. The van der Waals surface area contributed by atoms with Gasteiger partial charge in [0.25, 0.3) is 0 Å². The SMILES string of the molecule is CC(OCC1(c2ccc(F)cc2)CCN(C(=O)O)CC1)c1cc(C(F)(F)F)cc2cn[nH]c12. The average Bonchev–Trinajstić information content (AvgIpc) is 3.26. The number of nitrogens with one attached hydrogen (secondary N) is 1. The molecule has 1 aromatic heterocycles. The molecule has 0 saturated carbocycles. The normalized spacial score (nSPS) is 17.3. The number of halogens is 4. The number of amides is 1. The number of carboxylic acid groups (broad SMARTS) is 1. The van der Waals surface area contributed by atoms with Gasteiger partial charge in [-0.15, -0.1) is 0 Å². The topological polar surface area (TPSA) is 78.4 Å². The Labute approximate surface area is 187 Å². The molecule has 1 aliphatic heterocycles. The lowest BCUT2D eigenvalue weighted by molar-refractivity contribution is -0.137. The van der Waals surface area contributed by atoms with Gasteiger partial charge in [-0.2, -0.15) is 18.3 Å². The van der Waals surface area contributed by atoms with Crippen molar-refractivity contribution in [3.8, 4) is 0 Å². The summed E-state index contributed by atoms with van der Waals surface area (Å²) in [5, 5.41) is 16.2. The van der Waals surface area contributed by atoms with Crippen LogP contribution in [0.2, 0.25) is 0 Å². The van der Waals surface area contributed by atoms with Gasteiger partial charge in [-0.3, -0.25) is 5.10 Å². The minimum absolute atomic E-state index is 0.138. The average molecular weight is 465 g/mol. The van der Waals surface area contributed by atoms with Gasteiger partial charge in [0.15, 0.2) is 0 Å². The molecule has 1 fully saturated rings. The molecule has 2 heterocycles. The number of fused-ring (bicyclic) bond motifs is 1. The number of aromatic nitrogens is 2. The second-order valence-corrected chi connectivity index (χ2v) is 8.41. The Morgan fingerprint density at radius 3 is 2.52 bits per heavy atom. The largest absolute Gasteiger partial charge is 0.465 e. The number of nitrogens with zero attached hydrogens (tertiary/aromatic N) is 2. The number of likely N-dealkylation sites (tertiary alicyclic amines) is 1. The van der Waals surface area contributed by atoms with Gasteiger partial charge in [-0.05, 0) is 49.6 Å². The molecular formula is C23H23F4N3O3. The van der Waals surface area contributed by atoms with Crippen molar-refractivity contribution in [2.24, 2.45) is 0 Å². The van der Waals surface area contributed by atoms with Gasteiger partial charge >= 0.3 is 12.3 Å². The fraction of sp³-hybridized carbons (Fsp3) is 0.391. The zero-order valence-corrected chi connectivity index (χ0v) is 17.8. The van der Waals surface area contributed by atoms with Crippen LogP contribution in [0, 0.1) is 5.82 Å². The Morgan fingerprint density at radius 2 is 1.91 bits per heavy atom. The number of hydrogen-bond acceptors (Lipinski definition) is 3. The van der Waals surface area contributed by atoms with Crippen molar-refractivity contribution in [3.05, 3.63) is 65.1 Å².